The topological polar surface area (TPSA) is 24.1 Å². The molecule has 0 aromatic rings. The first kappa shape index (κ1) is 25.3. The van der Waals surface area contributed by atoms with E-state index in [1.54, 1.807) is 0 Å². The van der Waals surface area contributed by atoms with Gasteiger partial charge in [0, 0.05) is 0 Å². The summed E-state index contributed by atoms with van der Waals surface area (Å²) >= 11 is 2.14. The molecule has 0 spiro atoms. The van der Waals surface area contributed by atoms with Gasteiger partial charge in [0.2, 0.25) is 0 Å². The van der Waals surface area contributed by atoms with Gasteiger partial charge < -0.3 is 0 Å². The molecule has 2 atom stereocenters. The fraction of sp³-hybridized carbons (Fsp3) is 1.00. The number of hydrazine groups is 1. The minimum atomic E-state index is 0.651. The molecule has 27 heavy (non-hydrogen) atoms. The van der Waals surface area contributed by atoms with Crippen LogP contribution in [0.3, 0.4) is 0 Å². The van der Waals surface area contributed by atoms with Crippen molar-refractivity contribution in [1.82, 2.24) is 10.9 Å². The van der Waals surface area contributed by atoms with Crippen molar-refractivity contribution in [2.24, 2.45) is 0 Å². The highest BCUT2D eigenvalue weighted by Gasteiger charge is 2.22. The third kappa shape index (κ3) is 15.8. The molecule has 0 aromatic carbocycles. The molecule has 2 N–H and O–H groups in total. The molecule has 1 fully saturated rings. The summed E-state index contributed by atoms with van der Waals surface area (Å²) in [5.41, 5.74) is 7.05. The van der Waals surface area contributed by atoms with E-state index in [2.05, 4.69) is 36.5 Å². The predicted molar refractivity (Wildman–Crippen MR) is 125 cm³/mol. The molecule has 2 nitrogen and oxygen atoms in total. The normalized spacial score (nSPS) is 19.8. The average Bonchev–Trinajstić information content (AvgIpc) is 3.13. The number of hydrogen-bond acceptors (Lipinski definition) is 3. The molecule has 0 aliphatic carbocycles. The fourth-order valence-electron chi connectivity index (χ4n) is 4.01. The maximum Gasteiger partial charge on any atom is 0.0682 e. The summed E-state index contributed by atoms with van der Waals surface area (Å²) in [6, 6.07) is 0. The van der Waals surface area contributed by atoms with Crippen LogP contribution in [0, 0.1) is 0 Å². The minimum absolute atomic E-state index is 0.651. The lowest BCUT2D eigenvalue weighted by molar-refractivity contribution is 0.473. The van der Waals surface area contributed by atoms with Gasteiger partial charge in [0.25, 0.3) is 0 Å². The van der Waals surface area contributed by atoms with Gasteiger partial charge in [-0.1, -0.05) is 129 Å². The van der Waals surface area contributed by atoms with Crippen molar-refractivity contribution >= 4 is 11.8 Å². The van der Waals surface area contributed by atoms with Crippen molar-refractivity contribution < 1.29 is 0 Å². The Balaban J connectivity index is 1.81. The molecular formula is C24H50N2S. The van der Waals surface area contributed by atoms with Gasteiger partial charge in [0.15, 0.2) is 0 Å². The standard InChI is InChI=1S/C24H50N2S/c1-3-5-7-9-11-13-15-17-19-21-23-25-26-24(27-23)22-20-18-16-14-12-10-8-6-4-2/h23-26H,3-22H2,1-2H3/t23-,24+. The predicted octanol–water partition coefficient (Wildman–Crippen LogP) is 8.32. The largest absolute Gasteiger partial charge is 0.244 e. The van der Waals surface area contributed by atoms with E-state index < -0.39 is 0 Å². The molecule has 0 unspecified atom stereocenters. The van der Waals surface area contributed by atoms with Crippen molar-refractivity contribution in [2.75, 3.05) is 0 Å². The van der Waals surface area contributed by atoms with Gasteiger partial charge in [-0.05, 0) is 12.8 Å². The first-order valence-electron chi connectivity index (χ1n) is 12.5. The van der Waals surface area contributed by atoms with Gasteiger partial charge in [0.05, 0.1) is 10.7 Å². The highest BCUT2D eigenvalue weighted by Crippen LogP contribution is 2.27. The molecular weight excluding hydrogens is 348 g/mol. The van der Waals surface area contributed by atoms with E-state index in [-0.39, 0.29) is 0 Å². The van der Waals surface area contributed by atoms with Crippen LogP contribution in [0.15, 0.2) is 0 Å². The Morgan fingerprint density at radius 3 is 1.07 bits per heavy atom. The van der Waals surface area contributed by atoms with E-state index >= 15 is 0 Å². The van der Waals surface area contributed by atoms with Crippen molar-refractivity contribution in [3.63, 3.8) is 0 Å². The summed E-state index contributed by atoms with van der Waals surface area (Å²) in [6.45, 7) is 4.59. The Morgan fingerprint density at radius 1 is 0.444 bits per heavy atom. The fourth-order valence-corrected chi connectivity index (χ4v) is 5.29. The second-order valence-electron chi connectivity index (χ2n) is 8.64. The van der Waals surface area contributed by atoms with E-state index in [1.807, 2.05) is 0 Å². The number of rotatable bonds is 20. The van der Waals surface area contributed by atoms with Gasteiger partial charge in [-0.3, -0.25) is 0 Å². The molecule has 162 valence electrons. The van der Waals surface area contributed by atoms with Crippen molar-refractivity contribution in [2.45, 2.75) is 153 Å². The lowest BCUT2D eigenvalue weighted by atomic mass is 10.1. The number of hydrogen-bond donors (Lipinski definition) is 2. The quantitative estimate of drug-likeness (QED) is 0.202. The van der Waals surface area contributed by atoms with Crippen LogP contribution in [0.1, 0.15) is 142 Å². The molecule has 0 aromatic heterocycles. The lowest BCUT2D eigenvalue weighted by Crippen LogP contribution is -2.33. The van der Waals surface area contributed by atoms with Gasteiger partial charge in [-0.2, -0.15) is 0 Å². The van der Waals surface area contributed by atoms with Gasteiger partial charge in [-0.15, -0.1) is 11.8 Å². The van der Waals surface area contributed by atoms with Crippen LogP contribution in [0.2, 0.25) is 0 Å². The maximum absolute atomic E-state index is 3.53. The second-order valence-corrected chi connectivity index (χ2v) is 10.0. The molecule has 1 saturated heterocycles. The molecule has 3 heteroatoms. The SMILES string of the molecule is CCCCCCCCCCC[C@@H]1NN[C@H](CCCCCCCCCCC)S1. The summed E-state index contributed by atoms with van der Waals surface area (Å²) in [5.74, 6) is 0. The molecule has 0 amide bonds. The van der Waals surface area contributed by atoms with Crippen LogP contribution in [-0.4, -0.2) is 10.7 Å². The van der Waals surface area contributed by atoms with Crippen molar-refractivity contribution in [3.05, 3.63) is 0 Å². The Labute approximate surface area is 175 Å². The third-order valence-electron chi connectivity index (χ3n) is 5.87. The highest BCUT2D eigenvalue weighted by molar-refractivity contribution is 8.00. The second kappa shape index (κ2) is 19.6. The number of thioether (sulfide) groups is 1. The first-order valence-corrected chi connectivity index (χ1v) is 13.5. The minimum Gasteiger partial charge on any atom is -0.244 e. The Hall–Kier alpha value is 0.270. The Morgan fingerprint density at radius 2 is 0.741 bits per heavy atom. The van der Waals surface area contributed by atoms with Crippen LogP contribution in [0.5, 0.6) is 0 Å². The first-order chi connectivity index (χ1) is 13.4. The van der Waals surface area contributed by atoms with Crippen LogP contribution in [-0.2, 0) is 0 Å². The van der Waals surface area contributed by atoms with Crippen LogP contribution in [0.4, 0.5) is 0 Å². The van der Waals surface area contributed by atoms with Crippen LogP contribution < -0.4 is 10.9 Å². The van der Waals surface area contributed by atoms with E-state index in [0.717, 1.165) is 0 Å². The Kier molecular flexibility index (Phi) is 18.4. The molecule has 0 radical (unpaired) electrons. The summed E-state index contributed by atoms with van der Waals surface area (Å²) in [7, 11) is 0. The summed E-state index contributed by atoms with van der Waals surface area (Å²) in [4.78, 5) is 0. The molecule has 1 rings (SSSR count). The molecule has 0 bridgehead atoms. The summed E-state index contributed by atoms with van der Waals surface area (Å²) in [6.07, 6.45) is 28.4. The zero-order valence-electron chi connectivity index (χ0n) is 18.7. The van der Waals surface area contributed by atoms with Crippen molar-refractivity contribution in [3.8, 4) is 0 Å². The van der Waals surface area contributed by atoms with Gasteiger partial charge in [0.1, 0.15) is 0 Å². The zero-order valence-corrected chi connectivity index (χ0v) is 19.5. The maximum atomic E-state index is 3.53. The monoisotopic (exact) mass is 398 g/mol. The number of unbranched alkanes of at least 4 members (excludes halogenated alkanes) is 16. The average molecular weight is 399 g/mol. The third-order valence-corrected chi connectivity index (χ3v) is 7.24. The van der Waals surface area contributed by atoms with E-state index in [9.17, 15) is 0 Å². The van der Waals surface area contributed by atoms with E-state index in [0.29, 0.717) is 10.7 Å². The Bertz CT molecular complexity index is 270. The summed E-state index contributed by atoms with van der Waals surface area (Å²) < 4.78 is 0. The zero-order chi connectivity index (χ0) is 19.4. The smallest absolute Gasteiger partial charge is 0.0682 e. The molecule has 1 aliphatic rings. The van der Waals surface area contributed by atoms with Gasteiger partial charge in [-0.25, -0.2) is 10.9 Å². The van der Waals surface area contributed by atoms with Crippen LogP contribution >= 0.6 is 11.8 Å². The van der Waals surface area contributed by atoms with Gasteiger partial charge >= 0.3 is 0 Å². The number of nitrogens with one attached hydrogen (secondary N) is 2. The summed E-state index contributed by atoms with van der Waals surface area (Å²) in [5, 5.41) is 1.30. The van der Waals surface area contributed by atoms with Crippen LogP contribution in [0.25, 0.3) is 0 Å². The van der Waals surface area contributed by atoms with E-state index in [1.165, 1.54) is 128 Å². The highest BCUT2D eigenvalue weighted by atomic mass is 32.2. The molecule has 1 aliphatic heterocycles. The van der Waals surface area contributed by atoms with Crippen molar-refractivity contribution in [1.29, 1.82) is 0 Å². The molecule has 0 saturated carbocycles. The van der Waals surface area contributed by atoms with E-state index in [4.69, 9.17) is 0 Å². The molecule has 1 heterocycles. The lowest BCUT2D eigenvalue weighted by Gasteiger charge is -2.09.